The standard InChI is InChI=1S/C20H22N4OS/c1-21-20(23-14-18-5-4-12-26-18)22-13-16-7-9-17(10-8-16)15-24-11-3-2-6-19(24)25/h2-12H,13-15H2,1H3,(H2,21,22,23). The van der Waals surface area contributed by atoms with Crippen LogP contribution in [0.3, 0.4) is 0 Å². The summed E-state index contributed by atoms with van der Waals surface area (Å²) in [6, 6.07) is 17.6. The Bertz CT molecular complexity index is 898. The van der Waals surface area contributed by atoms with Crippen LogP contribution in [-0.2, 0) is 19.6 Å². The number of pyridine rings is 1. The van der Waals surface area contributed by atoms with Crippen LogP contribution in [-0.4, -0.2) is 17.6 Å². The smallest absolute Gasteiger partial charge is 0.250 e. The van der Waals surface area contributed by atoms with Gasteiger partial charge in [-0.1, -0.05) is 36.4 Å². The van der Waals surface area contributed by atoms with Gasteiger partial charge in [0.1, 0.15) is 0 Å². The van der Waals surface area contributed by atoms with Crippen molar-refractivity contribution in [3.63, 3.8) is 0 Å². The first kappa shape index (κ1) is 17.9. The van der Waals surface area contributed by atoms with Gasteiger partial charge in [0.05, 0.1) is 13.1 Å². The molecule has 134 valence electrons. The van der Waals surface area contributed by atoms with Gasteiger partial charge >= 0.3 is 0 Å². The summed E-state index contributed by atoms with van der Waals surface area (Å²) in [4.78, 5) is 17.3. The molecule has 3 rings (SSSR count). The number of hydrogen-bond acceptors (Lipinski definition) is 3. The molecule has 26 heavy (non-hydrogen) atoms. The van der Waals surface area contributed by atoms with Gasteiger partial charge in [0.2, 0.25) is 0 Å². The van der Waals surface area contributed by atoms with E-state index in [0.717, 1.165) is 23.6 Å². The summed E-state index contributed by atoms with van der Waals surface area (Å²) in [5.41, 5.74) is 2.27. The third kappa shape index (κ3) is 5.07. The number of rotatable bonds is 6. The lowest BCUT2D eigenvalue weighted by Gasteiger charge is -2.12. The monoisotopic (exact) mass is 366 g/mol. The van der Waals surface area contributed by atoms with Crippen LogP contribution in [0.1, 0.15) is 16.0 Å². The fourth-order valence-electron chi connectivity index (χ4n) is 2.54. The van der Waals surface area contributed by atoms with E-state index in [1.807, 2.05) is 12.1 Å². The fraction of sp³-hybridized carbons (Fsp3) is 0.200. The topological polar surface area (TPSA) is 58.4 Å². The summed E-state index contributed by atoms with van der Waals surface area (Å²) in [5.74, 6) is 0.776. The third-order valence-electron chi connectivity index (χ3n) is 3.97. The van der Waals surface area contributed by atoms with Crippen molar-refractivity contribution >= 4 is 17.3 Å². The Balaban J connectivity index is 1.52. The maximum atomic E-state index is 11.8. The maximum Gasteiger partial charge on any atom is 0.250 e. The zero-order chi connectivity index (χ0) is 18.2. The van der Waals surface area contributed by atoms with Crippen LogP contribution in [0.2, 0.25) is 0 Å². The van der Waals surface area contributed by atoms with Crippen molar-refractivity contribution in [1.82, 2.24) is 15.2 Å². The highest BCUT2D eigenvalue weighted by Gasteiger charge is 2.01. The summed E-state index contributed by atoms with van der Waals surface area (Å²) < 4.78 is 1.70. The number of thiophene rings is 1. The fourth-order valence-corrected chi connectivity index (χ4v) is 3.19. The molecule has 2 aromatic heterocycles. The molecule has 3 aromatic rings. The molecule has 0 radical (unpaired) electrons. The average Bonchev–Trinajstić information content (AvgIpc) is 3.18. The van der Waals surface area contributed by atoms with Crippen LogP contribution in [0.4, 0.5) is 0 Å². The second-order valence-electron chi connectivity index (χ2n) is 5.84. The lowest BCUT2D eigenvalue weighted by molar-refractivity contribution is 0.758. The highest BCUT2D eigenvalue weighted by Crippen LogP contribution is 2.08. The number of guanidine groups is 1. The summed E-state index contributed by atoms with van der Waals surface area (Å²) in [5, 5.41) is 8.69. The Hall–Kier alpha value is -2.86. The second-order valence-corrected chi connectivity index (χ2v) is 6.87. The van der Waals surface area contributed by atoms with Gasteiger partial charge in [0.15, 0.2) is 5.96 Å². The Labute approximate surface area is 157 Å². The predicted octanol–water partition coefficient (Wildman–Crippen LogP) is 2.82. The Morgan fingerprint density at radius 2 is 1.77 bits per heavy atom. The molecule has 0 fully saturated rings. The molecule has 0 aliphatic heterocycles. The van der Waals surface area contributed by atoms with Gasteiger partial charge in [-0.2, -0.15) is 0 Å². The molecule has 1 aromatic carbocycles. The first-order chi connectivity index (χ1) is 12.7. The van der Waals surface area contributed by atoms with Gasteiger partial charge in [0, 0.05) is 30.7 Å². The quantitative estimate of drug-likeness (QED) is 0.521. The van der Waals surface area contributed by atoms with Gasteiger partial charge in [-0.05, 0) is 28.6 Å². The van der Waals surface area contributed by atoms with E-state index in [1.165, 1.54) is 4.88 Å². The summed E-state index contributed by atoms with van der Waals surface area (Å²) >= 11 is 1.72. The van der Waals surface area contributed by atoms with Gasteiger partial charge in [-0.15, -0.1) is 11.3 Å². The van der Waals surface area contributed by atoms with E-state index in [4.69, 9.17) is 0 Å². The number of nitrogens with zero attached hydrogens (tertiary/aromatic N) is 2. The minimum Gasteiger partial charge on any atom is -0.352 e. The van der Waals surface area contributed by atoms with E-state index in [-0.39, 0.29) is 5.56 Å². The third-order valence-corrected chi connectivity index (χ3v) is 4.85. The first-order valence-electron chi connectivity index (χ1n) is 8.45. The molecule has 0 bridgehead atoms. The van der Waals surface area contributed by atoms with Gasteiger partial charge < -0.3 is 15.2 Å². The molecule has 0 unspecified atom stereocenters. The molecular formula is C20H22N4OS. The van der Waals surface area contributed by atoms with Crippen LogP contribution in [0, 0.1) is 0 Å². The largest absolute Gasteiger partial charge is 0.352 e. The van der Waals surface area contributed by atoms with Crippen LogP contribution in [0.15, 0.2) is 76.0 Å². The van der Waals surface area contributed by atoms with Crippen LogP contribution < -0.4 is 16.2 Å². The van der Waals surface area contributed by atoms with E-state index in [9.17, 15) is 4.79 Å². The molecule has 0 atom stereocenters. The second kappa shape index (κ2) is 9.01. The van der Waals surface area contributed by atoms with Crippen molar-refractivity contribution in [1.29, 1.82) is 0 Å². The van der Waals surface area contributed by atoms with Crippen molar-refractivity contribution in [2.45, 2.75) is 19.6 Å². The number of aliphatic imine (C=N–C) groups is 1. The van der Waals surface area contributed by atoms with E-state index in [2.05, 4.69) is 51.3 Å². The van der Waals surface area contributed by atoms with E-state index >= 15 is 0 Å². The molecule has 5 nitrogen and oxygen atoms in total. The summed E-state index contributed by atoms with van der Waals surface area (Å²) in [7, 11) is 1.77. The molecule has 2 heterocycles. The van der Waals surface area contributed by atoms with Crippen LogP contribution >= 0.6 is 11.3 Å². The minimum absolute atomic E-state index is 0.0128. The van der Waals surface area contributed by atoms with Crippen LogP contribution in [0.5, 0.6) is 0 Å². The molecule has 0 saturated heterocycles. The van der Waals surface area contributed by atoms with Crippen molar-refractivity contribution in [2.75, 3.05) is 7.05 Å². The van der Waals surface area contributed by atoms with E-state index in [0.29, 0.717) is 13.1 Å². The van der Waals surface area contributed by atoms with Crippen molar-refractivity contribution in [3.05, 3.63) is 92.5 Å². The van der Waals surface area contributed by atoms with Gasteiger partial charge in [0.25, 0.3) is 5.56 Å². The average molecular weight is 366 g/mol. The van der Waals surface area contributed by atoms with Gasteiger partial charge in [-0.3, -0.25) is 9.79 Å². The zero-order valence-electron chi connectivity index (χ0n) is 14.7. The maximum absolute atomic E-state index is 11.8. The van der Waals surface area contributed by atoms with Crippen molar-refractivity contribution in [2.24, 2.45) is 4.99 Å². The lowest BCUT2D eigenvalue weighted by Crippen LogP contribution is -2.36. The number of aromatic nitrogens is 1. The Morgan fingerprint density at radius 1 is 1.00 bits per heavy atom. The summed E-state index contributed by atoms with van der Waals surface area (Å²) in [6.45, 7) is 2.04. The van der Waals surface area contributed by atoms with Crippen molar-refractivity contribution < 1.29 is 0 Å². The number of hydrogen-bond donors (Lipinski definition) is 2. The zero-order valence-corrected chi connectivity index (χ0v) is 15.5. The highest BCUT2D eigenvalue weighted by atomic mass is 32.1. The SMILES string of the molecule is CN=C(NCc1ccc(Cn2ccccc2=O)cc1)NCc1cccs1. The van der Waals surface area contributed by atoms with Gasteiger partial charge in [-0.25, -0.2) is 0 Å². The molecule has 0 amide bonds. The van der Waals surface area contributed by atoms with Crippen molar-refractivity contribution in [3.8, 4) is 0 Å². The lowest BCUT2D eigenvalue weighted by atomic mass is 10.1. The Kier molecular flexibility index (Phi) is 6.22. The van der Waals surface area contributed by atoms with E-state index in [1.54, 1.807) is 41.3 Å². The number of nitrogens with one attached hydrogen (secondary N) is 2. The molecule has 2 N–H and O–H groups in total. The van der Waals surface area contributed by atoms with Crippen LogP contribution in [0.25, 0.3) is 0 Å². The molecular weight excluding hydrogens is 344 g/mol. The molecule has 0 saturated carbocycles. The number of benzene rings is 1. The molecule has 0 aliphatic rings. The Morgan fingerprint density at radius 3 is 2.46 bits per heavy atom. The minimum atomic E-state index is 0.0128. The molecule has 6 heteroatoms. The van der Waals surface area contributed by atoms with E-state index < -0.39 is 0 Å². The predicted molar refractivity (Wildman–Crippen MR) is 108 cm³/mol. The summed E-state index contributed by atoms with van der Waals surface area (Å²) in [6.07, 6.45) is 1.81. The normalized spacial score (nSPS) is 11.3. The highest BCUT2D eigenvalue weighted by molar-refractivity contribution is 7.09. The molecule has 0 spiro atoms. The first-order valence-corrected chi connectivity index (χ1v) is 9.33. The molecule has 0 aliphatic carbocycles.